The zero-order valence-corrected chi connectivity index (χ0v) is 16.1. The van der Waals surface area contributed by atoms with E-state index in [-0.39, 0.29) is 16.7 Å². The zero-order valence-electron chi connectivity index (χ0n) is 15.3. The van der Waals surface area contributed by atoms with Gasteiger partial charge in [0.25, 0.3) is 5.56 Å². The van der Waals surface area contributed by atoms with Gasteiger partial charge in [0.15, 0.2) is 5.16 Å². The van der Waals surface area contributed by atoms with Gasteiger partial charge in [-0.2, -0.15) is 0 Å². The number of aromatic nitrogens is 2. The van der Waals surface area contributed by atoms with Crippen molar-refractivity contribution in [1.29, 1.82) is 0 Å². The van der Waals surface area contributed by atoms with Crippen LogP contribution in [0.25, 0.3) is 10.9 Å². The summed E-state index contributed by atoms with van der Waals surface area (Å²) < 4.78 is 6.77. The highest BCUT2D eigenvalue weighted by molar-refractivity contribution is 8.00. The third-order valence-electron chi connectivity index (χ3n) is 4.64. The Bertz CT molecular complexity index is 830. The fourth-order valence-corrected chi connectivity index (χ4v) is 4.22. The molecule has 1 atom stereocenters. The summed E-state index contributed by atoms with van der Waals surface area (Å²) in [5.74, 6) is 0.121. The molecule has 26 heavy (non-hydrogen) atoms. The van der Waals surface area contributed by atoms with Crippen molar-refractivity contribution in [2.75, 3.05) is 26.8 Å². The van der Waals surface area contributed by atoms with Crippen LogP contribution < -0.4 is 5.56 Å². The average Bonchev–Trinajstić information content (AvgIpc) is 2.68. The van der Waals surface area contributed by atoms with Crippen LogP contribution in [0.1, 0.15) is 26.2 Å². The number of methoxy groups -OCH3 is 1. The fourth-order valence-electron chi connectivity index (χ4n) is 3.20. The summed E-state index contributed by atoms with van der Waals surface area (Å²) in [7, 11) is 1.61. The van der Waals surface area contributed by atoms with Gasteiger partial charge in [0.1, 0.15) is 0 Å². The van der Waals surface area contributed by atoms with Crippen molar-refractivity contribution in [2.24, 2.45) is 0 Å². The predicted molar refractivity (Wildman–Crippen MR) is 104 cm³/mol. The Morgan fingerprint density at radius 3 is 2.73 bits per heavy atom. The van der Waals surface area contributed by atoms with E-state index >= 15 is 0 Å². The van der Waals surface area contributed by atoms with Gasteiger partial charge in [-0.15, -0.1) is 0 Å². The molecule has 0 bridgehead atoms. The van der Waals surface area contributed by atoms with Gasteiger partial charge in [-0.05, 0) is 38.3 Å². The molecule has 1 aliphatic rings. The van der Waals surface area contributed by atoms with Gasteiger partial charge in [0.2, 0.25) is 5.91 Å². The second-order valence-electron chi connectivity index (χ2n) is 6.51. The zero-order chi connectivity index (χ0) is 18.5. The van der Waals surface area contributed by atoms with E-state index in [0.29, 0.717) is 29.2 Å². The number of piperidine rings is 1. The van der Waals surface area contributed by atoms with E-state index in [4.69, 9.17) is 4.74 Å². The lowest BCUT2D eigenvalue weighted by Gasteiger charge is -2.29. The summed E-state index contributed by atoms with van der Waals surface area (Å²) in [6.45, 7) is 4.38. The molecule has 0 spiro atoms. The number of fused-ring (bicyclic) bond motifs is 1. The molecule has 2 aromatic rings. The maximum Gasteiger partial charge on any atom is 0.262 e. The molecule has 2 heterocycles. The van der Waals surface area contributed by atoms with Crippen molar-refractivity contribution in [1.82, 2.24) is 14.5 Å². The Morgan fingerprint density at radius 2 is 2.00 bits per heavy atom. The van der Waals surface area contributed by atoms with Gasteiger partial charge in [-0.1, -0.05) is 23.9 Å². The quantitative estimate of drug-likeness (QED) is 0.573. The number of para-hydroxylation sites is 1. The third-order valence-corrected chi connectivity index (χ3v) is 5.72. The van der Waals surface area contributed by atoms with E-state index in [9.17, 15) is 9.59 Å². The van der Waals surface area contributed by atoms with Crippen LogP contribution in [0.5, 0.6) is 0 Å². The Hall–Kier alpha value is -1.86. The van der Waals surface area contributed by atoms with Crippen molar-refractivity contribution < 1.29 is 9.53 Å². The Balaban J connectivity index is 1.89. The molecule has 0 aliphatic carbocycles. The smallest absolute Gasteiger partial charge is 0.262 e. The van der Waals surface area contributed by atoms with Crippen LogP contribution in [0.15, 0.2) is 34.2 Å². The van der Waals surface area contributed by atoms with Gasteiger partial charge in [-0.3, -0.25) is 14.2 Å². The highest BCUT2D eigenvalue weighted by Gasteiger charge is 2.25. The molecule has 6 nitrogen and oxygen atoms in total. The van der Waals surface area contributed by atoms with E-state index in [2.05, 4.69) is 4.98 Å². The summed E-state index contributed by atoms with van der Waals surface area (Å²) in [6.07, 6.45) is 3.32. The summed E-state index contributed by atoms with van der Waals surface area (Å²) in [6, 6.07) is 7.32. The van der Waals surface area contributed by atoms with E-state index in [1.54, 1.807) is 17.7 Å². The van der Waals surface area contributed by atoms with Gasteiger partial charge in [-0.25, -0.2) is 4.98 Å². The number of ether oxygens (including phenoxy) is 1. The van der Waals surface area contributed by atoms with Gasteiger partial charge in [0, 0.05) is 20.2 Å². The molecule has 1 aromatic heterocycles. The number of amides is 1. The molecule has 7 heteroatoms. The first-order chi connectivity index (χ1) is 12.6. The first-order valence-corrected chi connectivity index (χ1v) is 9.93. The minimum absolute atomic E-state index is 0.0900. The number of carbonyl (C=O) groups excluding carboxylic acids is 1. The highest BCUT2D eigenvalue weighted by atomic mass is 32.2. The van der Waals surface area contributed by atoms with Crippen molar-refractivity contribution in [3.05, 3.63) is 34.6 Å². The molecular weight excluding hydrogens is 350 g/mol. The molecule has 1 aliphatic heterocycles. The topological polar surface area (TPSA) is 64.4 Å². The van der Waals surface area contributed by atoms with Crippen molar-refractivity contribution in [3.8, 4) is 0 Å². The second kappa shape index (κ2) is 8.68. The predicted octanol–water partition coefficient (Wildman–Crippen LogP) is 2.54. The lowest BCUT2D eigenvalue weighted by atomic mass is 10.1. The molecule has 0 saturated carbocycles. The molecule has 3 rings (SSSR count). The first kappa shape index (κ1) is 18.9. The molecule has 1 fully saturated rings. The minimum atomic E-state index is -0.282. The summed E-state index contributed by atoms with van der Waals surface area (Å²) >= 11 is 1.36. The maximum absolute atomic E-state index is 12.9. The fraction of sp³-hybridized carbons (Fsp3) is 0.526. The monoisotopic (exact) mass is 375 g/mol. The number of thioether (sulfide) groups is 1. The number of nitrogens with zero attached hydrogens (tertiary/aromatic N) is 3. The van der Waals surface area contributed by atoms with E-state index in [1.807, 2.05) is 30.0 Å². The average molecular weight is 375 g/mol. The lowest BCUT2D eigenvalue weighted by molar-refractivity contribution is -0.131. The van der Waals surface area contributed by atoms with Gasteiger partial charge >= 0.3 is 0 Å². The number of rotatable bonds is 6. The number of hydrogen-bond acceptors (Lipinski definition) is 5. The second-order valence-corrected chi connectivity index (χ2v) is 7.82. The van der Waals surface area contributed by atoms with Crippen LogP contribution in [-0.4, -0.2) is 52.4 Å². The molecule has 0 unspecified atom stereocenters. The molecule has 0 radical (unpaired) electrons. The Morgan fingerprint density at radius 1 is 1.27 bits per heavy atom. The van der Waals surface area contributed by atoms with Gasteiger partial charge < -0.3 is 9.64 Å². The molecule has 1 aromatic carbocycles. The van der Waals surface area contributed by atoms with Crippen LogP contribution in [-0.2, 0) is 16.1 Å². The first-order valence-electron chi connectivity index (χ1n) is 9.06. The van der Waals surface area contributed by atoms with Crippen LogP contribution >= 0.6 is 11.8 Å². The lowest BCUT2D eigenvalue weighted by Crippen LogP contribution is -2.40. The standard InChI is InChI=1S/C19H25N3O3S/c1-14(17(23)21-10-6-3-7-11-21)26-19-20-16-9-5-4-8-15(16)18(24)22(19)12-13-25-2/h4-5,8-9,14H,3,6-7,10-13H2,1-2H3/t14-/m0/s1. The number of likely N-dealkylation sites (tertiary alicyclic amines) is 1. The van der Waals surface area contributed by atoms with Crippen LogP contribution in [0.3, 0.4) is 0 Å². The van der Waals surface area contributed by atoms with Crippen LogP contribution in [0.4, 0.5) is 0 Å². The SMILES string of the molecule is COCCn1c(S[C@@H](C)C(=O)N2CCCCC2)nc2ccccc2c1=O. The summed E-state index contributed by atoms with van der Waals surface area (Å²) in [4.78, 5) is 32.2. The third kappa shape index (κ3) is 4.10. The molecular formula is C19H25N3O3S. The van der Waals surface area contributed by atoms with E-state index in [0.717, 1.165) is 25.9 Å². The van der Waals surface area contributed by atoms with Gasteiger partial charge in [0.05, 0.1) is 29.3 Å². The number of carbonyl (C=O) groups is 1. The molecule has 1 saturated heterocycles. The molecule has 140 valence electrons. The van der Waals surface area contributed by atoms with Crippen molar-refractivity contribution in [2.45, 2.75) is 43.1 Å². The Kier molecular flexibility index (Phi) is 6.32. The van der Waals surface area contributed by atoms with Crippen LogP contribution in [0, 0.1) is 0 Å². The van der Waals surface area contributed by atoms with Crippen LogP contribution in [0.2, 0.25) is 0 Å². The molecule has 0 N–H and O–H groups in total. The van der Waals surface area contributed by atoms with Crippen molar-refractivity contribution in [3.63, 3.8) is 0 Å². The van der Waals surface area contributed by atoms with Crippen molar-refractivity contribution >= 4 is 28.6 Å². The largest absolute Gasteiger partial charge is 0.383 e. The number of hydrogen-bond donors (Lipinski definition) is 0. The summed E-state index contributed by atoms with van der Waals surface area (Å²) in [5, 5.41) is 0.876. The summed E-state index contributed by atoms with van der Waals surface area (Å²) in [5.41, 5.74) is 0.569. The highest BCUT2D eigenvalue weighted by Crippen LogP contribution is 2.25. The normalized spacial score (nSPS) is 16.0. The minimum Gasteiger partial charge on any atom is -0.383 e. The van der Waals surface area contributed by atoms with E-state index in [1.165, 1.54) is 18.2 Å². The maximum atomic E-state index is 12.9. The molecule has 1 amide bonds. The van der Waals surface area contributed by atoms with E-state index < -0.39 is 0 Å². The Labute approximate surface area is 157 Å². The number of benzene rings is 1.